The Balaban J connectivity index is 1.59. The van der Waals surface area contributed by atoms with Crippen LogP contribution in [-0.2, 0) is 67.3 Å². The number of benzene rings is 6. The molecule has 1 aliphatic rings. The lowest BCUT2D eigenvalue weighted by atomic mass is 9.91. The van der Waals surface area contributed by atoms with Gasteiger partial charge in [-0.05, 0) is 144 Å². The Morgan fingerprint density at radius 1 is 0.192 bits per heavy atom. The maximum atomic E-state index is 14.9. The molecule has 6 aromatic rings. The lowest BCUT2D eigenvalue weighted by Crippen LogP contribution is -2.36. The summed E-state index contributed by atoms with van der Waals surface area (Å²) in [6.45, 7) is 31.7. The number of hydrogen-bond acceptors (Lipinski definition) is 12. The molecule has 0 saturated carbocycles. The SMILES string of the molecule is CCCCN(CCCC)C(=O)COc1c2cccc1Cc1cccc(c1OCC(=O)N(CCCC)CCCC)Cc1cccc(c1OCC(=O)N(CCCC)CCCC)Cc1cccc(c1OCC(=O)N(CCCC)CCCC)Cc1cccc(c1OCC(=O)N(CCCC)CCCC)Cc1cccc(c1OCC(=O)N(CCCC)CCCC)C2. The van der Waals surface area contributed by atoms with Crippen molar-refractivity contribution in [3.05, 3.63) is 176 Å². The average Bonchev–Trinajstić information content (AvgIpc) is 0.792. The van der Waals surface area contributed by atoms with Crippen LogP contribution in [0.25, 0.3) is 0 Å². The van der Waals surface area contributed by atoms with Gasteiger partial charge >= 0.3 is 0 Å². The van der Waals surface area contributed by atoms with Gasteiger partial charge in [0, 0.05) is 117 Å². The van der Waals surface area contributed by atoms with E-state index in [1.54, 1.807) is 0 Å². The number of carbonyl (C=O) groups is 6. The first-order valence-electron chi connectivity index (χ1n) is 46.6. The van der Waals surface area contributed by atoms with Crippen molar-refractivity contribution in [1.82, 2.24) is 29.4 Å². The smallest absolute Gasteiger partial charge is 0.260 e. The van der Waals surface area contributed by atoms with Crippen LogP contribution in [0.15, 0.2) is 109 Å². The van der Waals surface area contributed by atoms with Crippen LogP contribution in [0.2, 0.25) is 0 Å². The molecule has 1 aliphatic carbocycles. The van der Waals surface area contributed by atoms with Crippen LogP contribution in [0.1, 0.15) is 304 Å². The summed E-state index contributed by atoms with van der Waals surface area (Å²) in [5, 5.41) is 0. The third-order valence-electron chi connectivity index (χ3n) is 22.9. The van der Waals surface area contributed by atoms with Gasteiger partial charge in [0.05, 0.1) is 0 Å². The molecule has 7 rings (SSSR count). The number of fused-ring (bicyclic) bond motifs is 12. The van der Waals surface area contributed by atoms with E-state index in [0.717, 1.165) is 221 Å². The van der Waals surface area contributed by atoms with Gasteiger partial charge in [-0.3, -0.25) is 28.8 Å². The van der Waals surface area contributed by atoms with Gasteiger partial charge in [-0.25, -0.2) is 0 Å². The molecule has 120 heavy (non-hydrogen) atoms. The van der Waals surface area contributed by atoms with Crippen LogP contribution >= 0.6 is 0 Å². The van der Waals surface area contributed by atoms with Crippen LogP contribution in [0, 0.1) is 0 Å². The predicted molar refractivity (Wildman–Crippen MR) is 487 cm³/mol. The van der Waals surface area contributed by atoms with E-state index in [2.05, 4.69) is 83.1 Å². The second-order valence-corrected chi connectivity index (χ2v) is 32.8. The number of para-hydroxylation sites is 6. The molecular formula is C102H150N6O12. The lowest BCUT2D eigenvalue weighted by molar-refractivity contribution is -0.134. The predicted octanol–water partition coefficient (Wildman–Crippen LogP) is 20.4. The van der Waals surface area contributed by atoms with Crippen LogP contribution in [0.5, 0.6) is 34.5 Å². The number of amides is 6. The van der Waals surface area contributed by atoms with Crippen molar-refractivity contribution in [3.63, 3.8) is 0 Å². The van der Waals surface area contributed by atoms with Gasteiger partial charge in [-0.2, -0.15) is 0 Å². The number of carbonyl (C=O) groups excluding carboxylic acids is 6. The first kappa shape index (κ1) is 98.1. The zero-order valence-electron chi connectivity index (χ0n) is 75.9. The molecule has 0 heterocycles. The van der Waals surface area contributed by atoms with Gasteiger partial charge in [0.25, 0.3) is 35.4 Å². The number of hydrogen-bond donors (Lipinski definition) is 0. The van der Waals surface area contributed by atoms with Gasteiger partial charge in [0.1, 0.15) is 34.5 Å². The average molecular weight is 1650 g/mol. The summed E-state index contributed by atoms with van der Waals surface area (Å²) in [4.78, 5) is 101. The molecule has 0 fully saturated rings. The first-order chi connectivity index (χ1) is 58.5. The monoisotopic (exact) mass is 1650 g/mol. The van der Waals surface area contributed by atoms with E-state index in [0.29, 0.717) is 113 Å². The largest absolute Gasteiger partial charge is 0.483 e. The third kappa shape index (κ3) is 31.4. The minimum absolute atomic E-state index is 0.107. The normalized spacial score (nSPS) is 11.9. The molecular weight excluding hydrogens is 1500 g/mol. The maximum Gasteiger partial charge on any atom is 0.260 e. The Bertz CT molecular complexity index is 3230. The molecule has 0 radical (unpaired) electrons. The standard InChI is InChI=1S/C102H150N6O12/c1-13-25-55-103(56-26-14-2)91(109)73-115-97-79-43-37-44-80(97)68-82-46-39-48-84(99(82)117-75-93(111)105(59-29-17-5)60-30-18-6)70-86-50-41-52-88(101(86)119-77-95(113)107(63-33-21-9)64-34-22-10)72-90-54-42-53-89(102(90)120-78-96(114)108(65-35-23-11)66-36-24-12)71-87-51-40-49-85(100(87)118-76-94(112)106(61-31-19-7)62-32-20-8)69-83-47-38-45-81(67-79)98(83)116-74-92(110)104(57-27-15-3)58-28-16-4/h37-54H,13-36,55-78H2,1-12H3. The van der Waals surface area contributed by atoms with Crippen LogP contribution in [0.4, 0.5) is 0 Å². The summed E-state index contributed by atoms with van der Waals surface area (Å²) < 4.78 is 42.8. The number of nitrogens with zero attached hydrogens (tertiary/aromatic N) is 6. The molecule has 0 spiro atoms. The molecule has 0 aliphatic heterocycles. The quantitative estimate of drug-likeness (QED) is 0.0353. The second-order valence-electron chi connectivity index (χ2n) is 32.8. The molecule has 660 valence electrons. The lowest BCUT2D eigenvalue weighted by Gasteiger charge is -2.26. The Morgan fingerprint density at radius 3 is 0.383 bits per heavy atom. The molecule has 6 aromatic carbocycles. The molecule has 6 amide bonds. The summed E-state index contributed by atoms with van der Waals surface area (Å²) in [7, 11) is 0. The number of ether oxygens (including phenoxy) is 6. The van der Waals surface area contributed by atoms with Gasteiger partial charge in [-0.15, -0.1) is 0 Å². The molecule has 0 unspecified atom stereocenters. The summed E-state index contributed by atoms with van der Waals surface area (Å²) in [5.74, 6) is 2.54. The van der Waals surface area contributed by atoms with Gasteiger partial charge in [0.15, 0.2) is 39.6 Å². The molecule has 0 N–H and O–H groups in total. The summed E-state index contributed by atoms with van der Waals surface area (Å²) in [6, 6.07) is 36.8. The van der Waals surface area contributed by atoms with Crippen molar-refractivity contribution < 1.29 is 57.2 Å². The van der Waals surface area contributed by atoms with E-state index in [4.69, 9.17) is 28.4 Å². The van der Waals surface area contributed by atoms with Crippen molar-refractivity contribution in [2.75, 3.05) is 118 Å². The van der Waals surface area contributed by atoms with Crippen LogP contribution < -0.4 is 28.4 Å². The van der Waals surface area contributed by atoms with E-state index in [1.807, 2.05) is 139 Å². The molecule has 12 bridgehead atoms. The zero-order chi connectivity index (χ0) is 86.2. The van der Waals surface area contributed by atoms with E-state index in [-0.39, 0.29) is 114 Å². The van der Waals surface area contributed by atoms with Crippen LogP contribution in [0.3, 0.4) is 0 Å². The Morgan fingerprint density at radius 2 is 0.292 bits per heavy atom. The molecule has 18 heteroatoms. The fourth-order valence-corrected chi connectivity index (χ4v) is 15.5. The summed E-state index contributed by atoms with van der Waals surface area (Å²) in [6.07, 6.45) is 23.0. The highest BCUT2D eigenvalue weighted by Crippen LogP contribution is 2.41. The highest BCUT2D eigenvalue weighted by atomic mass is 16.5. The van der Waals surface area contributed by atoms with Crippen molar-refractivity contribution in [2.45, 2.75) is 276 Å². The highest BCUT2D eigenvalue weighted by Gasteiger charge is 2.29. The van der Waals surface area contributed by atoms with Crippen molar-refractivity contribution in [2.24, 2.45) is 0 Å². The topological polar surface area (TPSA) is 177 Å². The Hall–Kier alpha value is -9.06. The van der Waals surface area contributed by atoms with E-state index in [1.165, 1.54) is 0 Å². The minimum Gasteiger partial charge on any atom is -0.483 e. The second kappa shape index (κ2) is 55.8. The van der Waals surface area contributed by atoms with Gasteiger partial charge in [0.2, 0.25) is 0 Å². The fraction of sp³-hybridized carbons (Fsp3) is 0.588. The number of rotatable bonds is 54. The third-order valence-corrected chi connectivity index (χ3v) is 22.9. The maximum absolute atomic E-state index is 14.9. The fourth-order valence-electron chi connectivity index (χ4n) is 15.5. The molecule has 0 aromatic heterocycles. The van der Waals surface area contributed by atoms with Gasteiger partial charge in [-0.1, -0.05) is 269 Å². The van der Waals surface area contributed by atoms with E-state index >= 15 is 0 Å². The van der Waals surface area contributed by atoms with Crippen molar-refractivity contribution in [1.29, 1.82) is 0 Å². The highest BCUT2D eigenvalue weighted by molar-refractivity contribution is 5.81. The van der Waals surface area contributed by atoms with E-state index < -0.39 is 0 Å². The molecule has 0 atom stereocenters. The van der Waals surface area contributed by atoms with Crippen molar-refractivity contribution >= 4 is 35.4 Å². The van der Waals surface area contributed by atoms with E-state index in [9.17, 15) is 28.8 Å². The summed E-state index contributed by atoms with van der Waals surface area (Å²) in [5.41, 5.74) is 9.43. The number of unbranched alkanes of at least 4 members (excludes halogenated alkanes) is 12. The zero-order valence-corrected chi connectivity index (χ0v) is 75.9. The van der Waals surface area contributed by atoms with Gasteiger partial charge < -0.3 is 57.8 Å². The molecule has 18 nitrogen and oxygen atoms in total. The molecule has 0 saturated heterocycles. The Kier molecular flexibility index (Phi) is 45.6. The Labute approximate surface area is 722 Å². The first-order valence-corrected chi connectivity index (χ1v) is 46.6. The summed E-state index contributed by atoms with van der Waals surface area (Å²) >= 11 is 0. The van der Waals surface area contributed by atoms with Crippen LogP contribution in [-0.4, -0.2) is 183 Å². The van der Waals surface area contributed by atoms with Crippen molar-refractivity contribution in [3.8, 4) is 34.5 Å². The minimum atomic E-state index is -0.219.